The van der Waals surface area contributed by atoms with Crippen LogP contribution in [0.25, 0.3) is 0 Å². The minimum Gasteiger partial charge on any atom is -0.378 e. The summed E-state index contributed by atoms with van der Waals surface area (Å²) in [6.07, 6.45) is 5.68. The van der Waals surface area contributed by atoms with E-state index in [0.29, 0.717) is 0 Å². The first-order valence-corrected chi connectivity index (χ1v) is 4.31. The van der Waals surface area contributed by atoms with Crippen LogP contribution in [0.5, 0.6) is 0 Å². The minimum atomic E-state index is 0.166. The monoisotopic (exact) mass is 182 g/mol. The van der Waals surface area contributed by atoms with Gasteiger partial charge in [-0.15, -0.1) is 0 Å². The molecule has 2 N–H and O–H groups in total. The third kappa shape index (κ3) is 1.58. The number of hydrogen-bond donors (Lipinski definition) is 1. The Hall–Kier alpha value is -0.910. The lowest BCUT2D eigenvalue weighted by Gasteiger charge is -2.17. The maximum atomic E-state index is 5.72. The third-order valence-corrected chi connectivity index (χ3v) is 2.48. The Morgan fingerprint density at radius 2 is 2.38 bits per heavy atom. The minimum absolute atomic E-state index is 0.166. The van der Waals surface area contributed by atoms with Crippen molar-refractivity contribution in [1.29, 1.82) is 0 Å². The van der Waals surface area contributed by atoms with Gasteiger partial charge in [0.1, 0.15) is 0 Å². The van der Waals surface area contributed by atoms with Crippen molar-refractivity contribution in [2.24, 2.45) is 5.84 Å². The van der Waals surface area contributed by atoms with E-state index in [4.69, 9.17) is 10.6 Å². The molecule has 2 heterocycles. The Morgan fingerprint density at radius 3 is 3.00 bits per heavy atom. The first kappa shape index (κ1) is 8.68. The highest BCUT2D eigenvalue weighted by molar-refractivity contribution is 4.91. The zero-order valence-corrected chi connectivity index (χ0v) is 7.63. The summed E-state index contributed by atoms with van der Waals surface area (Å²) in [5.41, 5.74) is 0. The van der Waals surface area contributed by atoms with E-state index < -0.39 is 0 Å². The molecule has 2 atom stereocenters. The molecule has 1 aliphatic rings. The summed E-state index contributed by atoms with van der Waals surface area (Å²) in [5.74, 6) is 5.72. The molecule has 0 aliphatic carbocycles. The van der Waals surface area contributed by atoms with Gasteiger partial charge in [0.15, 0.2) is 0 Å². The maximum Gasteiger partial charge on any atom is 0.0949 e. The van der Waals surface area contributed by atoms with Crippen LogP contribution in [0, 0.1) is 0 Å². The second-order valence-corrected chi connectivity index (χ2v) is 3.31. The van der Waals surface area contributed by atoms with Crippen molar-refractivity contribution in [3.63, 3.8) is 0 Å². The summed E-state index contributed by atoms with van der Waals surface area (Å²) in [6, 6.07) is 0.289. The Balaban J connectivity index is 2.14. The fourth-order valence-corrected chi connectivity index (χ4v) is 1.77. The number of imidazole rings is 1. The van der Waals surface area contributed by atoms with Gasteiger partial charge in [-0.05, 0) is 0 Å². The maximum absolute atomic E-state index is 5.72. The Kier molecular flexibility index (Phi) is 2.30. The molecule has 0 radical (unpaired) electrons. The van der Waals surface area contributed by atoms with Crippen LogP contribution in [0.15, 0.2) is 18.7 Å². The molecule has 0 bridgehead atoms. The summed E-state index contributed by atoms with van der Waals surface area (Å²) in [7, 11) is 1.72. The molecule has 5 heteroatoms. The molecule has 0 spiro atoms. The number of ether oxygens (including phenoxy) is 1. The van der Waals surface area contributed by atoms with Crippen molar-refractivity contribution in [3.05, 3.63) is 18.7 Å². The molecule has 13 heavy (non-hydrogen) atoms. The highest BCUT2D eigenvalue weighted by atomic mass is 16.5. The molecule has 5 nitrogen and oxygen atoms in total. The smallest absolute Gasteiger partial charge is 0.0949 e. The van der Waals surface area contributed by atoms with E-state index in [9.17, 15) is 0 Å². The van der Waals surface area contributed by atoms with E-state index in [1.165, 1.54) is 0 Å². The van der Waals surface area contributed by atoms with E-state index in [0.717, 1.165) is 13.1 Å². The molecule has 1 aromatic heterocycles. The molecule has 0 aromatic carbocycles. The lowest BCUT2D eigenvalue weighted by Crippen LogP contribution is -2.29. The molecule has 0 unspecified atom stereocenters. The average molecular weight is 182 g/mol. The van der Waals surface area contributed by atoms with Crippen LogP contribution in [0.3, 0.4) is 0 Å². The summed E-state index contributed by atoms with van der Waals surface area (Å²) in [5, 5.41) is 1.78. The number of hydrazine groups is 1. The van der Waals surface area contributed by atoms with Crippen LogP contribution in [0.2, 0.25) is 0 Å². The predicted octanol–water partition coefficient (Wildman–Crippen LogP) is -0.371. The topological polar surface area (TPSA) is 56.3 Å². The third-order valence-electron chi connectivity index (χ3n) is 2.48. The molecule has 1 aliphatic heterocycles. The van der Waals surface area contributed by atoms with Gasteiger partial charge in [0.2, 0.25) is 0 Å². The lowest BCUT2D eigenvalue weighted by atomic mass is 10.2. The van der Waals surface area contributed by atoms with Crippen molar-refractivity contribution in [2.45, 2.75) is 12.1 Å². The van der Waals surface area contributed by atoms with Crippen molar-refractivity contribution in [3.8, 4) is 0 Å². The Bertz CT molecular complexity index is 261. The van der Waals surface area contributed by atoms with Gasteiger partial charge in [-0.2, -0.15) is 0 Å². The van der Waals surface area contributed by atoms with Crippen molar-refractivity contribution < 1.29 is 4.74 Å². The van der Waals surface area contributed by atoms with E-state index in [1.807, 2.05) is 10.8 Å². The molecule has 2 rings (SSSR count). The second-order valence-electron chi connectivity index (χ2n) is 3.31. The van der Waals surface area contributed by atoms with Gasteiger partial charge in [-0.3, -0.25) is 5.84 Å². The van der Waals surface area contributed by atoms with Gasteiger partial charge in [0.25, 0.3) is 0 Å². The number of hydrogen-bond acceptors (Lipinski definition) is 4. The van der Waals surface area contributed by atoms with Gasteiger partial charge in [0.05, 0.1) is 18.5 Å². The van der Waals surface area contributed by atoms with Gasteiger partial charge in [-0.1, -0.05) is 0 Å². The van der Waals surface area contributed by atoms with Crippen LogP contribution in [0.1, 0.15) is 6.04 Å². The quantitative estimate of drug-likeness (QED) is 0.634. The summed E-state index contributed by atoms with van der Waals surface area (Å²) in [4.78, 5) is 4.01. The number of rotatable bonds is 2. The number of aromatic nitrogens is 2. The standard InChI is InChI=1S/C8H14N4O/c1-13-8-5-12(9)4-7(8)11-3-2-10-6-11/h2-3,6-8H,4-5,9H2,1H3/t7-,8+/m0/s1. The molecule has 1 fully saturated rings. The van der Waals surface area contributed by atoms with Gasteiger partial charge >= 0.3 is 0 Å². The molecule has 72 valence electrons. The number of nitrogens with zero attached hydrogens (tertiary/aromatic N) is 3. The predicted molar refractivity (Wildman–Crippen MR) is 47.8 cm³/mol. The van der Waals surface area contributed by atoms with Crippen LogP contribution < -0.4 is 5.84 Å². The highest BCUT2D eigenvalue weighted by Gasteiger charge is 2.32. The number of methoxy groups -OCH3 is 1. The molecule has 0 amide bonds. The van der Waals surface area contributed by atoms with Crippen LogP contribution in [-0.2, 0) is 4.74 Å². The fourth-order valence-electron chi connectivity index (χ4n) is 1.77. The Morgan fingerprint density at radius 1 is 1.54 bits per heavy atom. The average Bonchev–Trinajstić information content (AvgIpc) is 2.71. The summed E-state index contributed by atoms with van der Waals surface area (Å²) < 4.78 is 7.39. The van der Waals surface area contributed by atoms with Gasteiger partial charge < -0.3 is 9.30 Å². The van der Waals surface area contributed by atoms with Crippen LogP contribution in [-0.4, -0.2) is 40.9 Å². The highest BCUT2D eigenvalue weighted by Crippen LogP contribution is 2.21. The van der Waals surface area contributed by atoms with Crippen LogP contribution >= 0.6 is 0 Å². The zero-order chi connectivity index (χ0) is 9.26. The van der Waals surface area contributed by atoms with E-state index in [-0.39, 0.29) is 12.1 Å². The van der Waals surface area contributed by atoms with Crippen molar-refractivity contribution in [1.82, 2.24) is 14.6 Å². The fraction of sp³-hybridized carbons (Fsp3) is 0.625. The van der Waals surface area contributed by atoms with Crippen molar-refractivity contribution >= 4 is 0 Å². The van der Waals surface area contributed by atoms with E-state index in [2.05, 4.69) is 4.98 Å². The molecule has 1 saturated heterocycles. The molecular weight excluding hydrogens is 168 g/mol. The summed E-state index contributed by atoms with van der Waals surface area (Å²) in [6.45, 7) is 1.59. The van der Waals surface area contributed by atoms with Gasteiger partial charge in [-0.25, -0.2) is 9.99 Å². The van der Waals surface area contributed by atoms with E-state index >= 15 is 0 Å². The normalized spacial score (nSPS) is 29.7. The second kappa shape index (κ2) is 3.45. The number of nitrogens with two attached hydrogens (primary N) is 1. The largest absolute Gasteiger partial charge is 0.378 e. The molecule has 0 saturated carbocycles. The first-order valence-electron chi connectivity index (χ1n) is 4.31. The van der Waals surface area contributed by atoms with Gasteiger partial charge in [0, 0.05) is 32.6 Å². The van der Waals surface area contributed by atoms with Crippen molar-refractivity contribution in [2.75, 3.05) is 20.2 Å². The Labute approximate surface area is 77.1 Å². The zero-order valence-electron chi connectivity index (χ0n) is 7.63. The lowest BCUT2D eigenvalue weighted by molar-refractivity contribution is 0.0816. The molecular formula is C8H14N4O. The van der Waals surface area contributed by atoms with E-state index in [1.54, 1.807) is 24.6 Å². The molecule has 1 aromatic rings. The summed E-state index contributed by atoms with van der Waals surface area (Å²) >= 11 is 0. The first-order chi connectivity index (χ1) is 6.31. The SMILES string of the molecule is CO[C@@H]1CN(N)C[C@@H]1n1ccnc1. The van der Waals surface area contributed by atoms with Crippen LogP contribution in [0.4, 0.5) is 0 Å².